The Labute approximate surface area is 154 Å². The van der Waals surface area contributed by atoms with Gasteiger partial charge in [0.2, 0.25) is 5.95 Å². The van der Waals surface area contributed by atoms with Crippen molar-refractivity contribution in [3.8, 4) is 0 Å². The molecule has 138 valence electrons. The minimum atomic E-state index is 0.707. The molecule has 7 nitrogen and oxygen atoms in total. The summed E-state index contributed by atoms with van der Waals surface area (Å²) in [4.78, 5) is 14.2. The second-order valence-corrected chi connectivity index (χ2v) is 6.89. The quantitative estimate of drug-likeness (QED) is 0.655. The summed E-state index contributed by atoms with van der Waals surface area (Å²) in [6, 6.07) is 5.71. The summed E-state index contributed by atoms with van der Waals surface area (Å²) in [7, 11) is 0. The second kappa shape index (κ2) is 8.21. The van der Waals surface area contributed by atoms with Gasteiger partial charge in [-0.25, -0.2) is 0 Å². The third kappa shape index (κ3) is 4.15. The van der Waals surface area contributed by atoms with Crippen LogP contribution in [-0.2, 0) is 0 Å². The average molecular weight is 354 g/mol. The van der Waals surface area contributed by atoms with Gasteiger partial charge in [0.25, 0.3) is 0 Å². The fraction of sp³-hybridized carbons (Fsp3) is 0.526. The summed E-state index contributed by atoms with van der Waals surface area (Å²) in [5.41, 5.74) is 3.05. The van der Waals surface area contributed by atoms with Crippen LogP contribution < -0.4 is 15.2 Å². The molecular formula is C19H26N6O. The smallest absolute Gasteiger partial charge is 0.229 e. The summed E-state index contributed by atoms with van der Waals surface area (Å²) in [6.45, 7) is 4.17. The van der Waals surface area contributed by atoms with Gasteiger partial charge in [-0.1, -0.05) is 0 Å². The molecule has 1 N–H and O–H groups in total. The number of hydrogen-bond donors (Lipinski definition) is 1. The van der Waals surface area contributed by atoms with E-state index in [2.05, 4.69) is 20.3 Å². The lowest BCUT2D eigenvalue weighted by molar-refractivity contribution is 0.560. The maximum Gasteiger partial charge on any atom is 0.229 e. The van der Waals surface area contributed by atoms with Crippen molar-refractivity contribution < 1.29 is 4.42 Å². The highest BCUT2D eigenvalue weighted by Crippen LogP contribution is 2.25. The van der Waals surface area contributed by atoms with E-state index >= 15 is 0 Å². The van der Waals surface area contributed by atoms with Gasteiger partial charge in [-0.3, -0.25) is 5.43 Å². The molecule has 2 aromatic heterocycles. The van der Waals surface area contributed by atoms with Crippen LogP contribution in [0.4, 0.5) is 17.6 Å². The molecule has 0 aromatic carbocycles. The van der Waals surface area contributed by atoms with Gasteiger partial charge < -0.3 is 14.2 Å². The van der Waals surface area contributed by atoms with Gasteiger partial charge in [-0.15, -0.1) is 0 Å². The maximum absolute atomic E-state index is 5.27. The van der Waals surface area contributed by atoms with Crippen LogP contribution >= 0.6 is 0 Å². The summed E-state index contributed by atoms with van der Waals surface area (Å²) in [5.74, 6) is 3.24. The SMILES string of the molecule is C(=N\Nc1cc(N2CCCCC2)nc(N2CCCCC2)n1)/c1ccco1. The Morgan fingerprint density at radius 2 is 1.69 bits per heavy atom. The number of hydrazone groups is 1. The number of furan rings is 1. The van der Waals surface area contributed by atoms with Gasteiger partial charge in [0, 0.05) is 32.2 Å². The normalized spacial score (nSPS) is 18.5. The van der Waals surface area contributed by atoms with Gasteiger partial charge in [0.1, 0.15) is 11.6 Å². The summed E-state index contributed by atoms with van der Waals surface area (Å²) >= 11 is 0. The summed E-state index contributed by atoms with van der Waals surface area (Å²) < 4.78 is 5.27. The molecular weight excluding hydrogens is 328 g/mol. The zero-order valence-corrected chi connectivity index (χ0v) is 15.1. The molecule has 0 bridgehead atoms. The number of nitrogens with zero attached hydrogens (tertiary/aromatic N) is 5. The van der Waals surface area contributed by atoms with Gasteiger partial charge in [0.15, 0.2) is 5.82 Å². The van der Waals surface area contributed by atoms with Crippen molar-refractivity contribution in [3.05, 3.63) is 30.2 Å². The first-order chi connectivity index (χ1) is 12.9. The van der Waals surface area contributed by atoms with Gasteiger partial charge >= 0.3 is 0 Å². The zero-order chi connectivity index (χ0) is 17.6. The molecule has 0 radical (unpaired) electrons. The topological polar surface area (TPSA) is 69.8 Å². The molecule has 0 atom stereocenters. The molecule has 0 unspecified atom stereocenters. The molecule has 2 aliphatic rings. The molecule has 4 heterocycles. The van der Waals surface area contributed by atoms with Gasteiger partial charge in [-0.05, 0) is 50.7 Å². The molecule has 0 aliphatic carbocycles. The van der Waals surface area contributed by atoms with E-state index in [4.69, 9.17) is 14.4 Å². The van der Waals surface area contributed by atoms with Gasteiger partial charge in [-0.2, -0.15) is 15.1 Å². The largest absolute Gasteiger partial charge is 0.463 e. The standard InChI is InChI=1S/C19H26N6O/c1-3-9-24(10-4-1)18-14-17(23-20-15-16-8-7-13-26-16)21-19(22-18)25-11-5-2-6-12-25/h7-8,13-15H,1-6,9-12H2,(H,21,22,23)/b20-15+. The number of piperidine rings is 2. The molecule has 2 fully saturated rings. The van der Waals surface area contributed by atoms with Crippen molar-refractivity contribution in [2.45, 2.75) is 38.5 Å². The number of anilines is 3. The fourth-order valence-corrected chi connectivity index (χ4v) is 3.53. The van der Waals surface area contributed by atoms with Crippen LogP contribution in [0.3, 0.4) is 0 Å². The Kier molecular flexibility index (Phi) is 5.33. The van der Waals surface area contributed by atoms with Crippen molar-refractivity contribution in [1.29, 1.82) is 0 Å². The highest BCUT2D eigenvalue weighted by Gasteiger charge is 2.19. The summed E-state index contributed by atoms with van der Waals surface area (Å²) in [6.07, 6.45) is 10.7. The highest BCUT2D eigenvalue weighted by atomic mass is 16.3. The van der Waals surface area contributed by atoms with Crippen molar-refractivity contribution in [1.82, 2.24) is 9.97 Å². The zero-order valence-electron chi connectivity index (χ0n) is 15.1. The molecule has 2 saturated heterocycles. The minimum Gasteiger partial charge on any atom is -0.463 e. The molecule has 2 aromatic rings. The van der Waals surface area contributed by atoms with E-state index in [1.54, 1.807) is 12.5 Å². The Bertz CT molecular complexity index is 681. The minimum absolute atomic E-state index is 0.707. The maximum atomic E-state index is 5.27. The van der Waals surface area contributed by atoms with Crippen LogP contribution in [0.15, 0.2) is 34.0 Å². The number of hydrogen-bond acceptors (Lipinski definition) is 7. The lowest BCUT2D eigenvalue weighted by Gasteiger charge is -2.31. The van der Waals surface area contributed by atoms with E-state index in [0.717, 1.165) is 43.8 Å². The highest BCUT2D eigenvalue weighted by molar-refractivity contribution is 5.76. The molecule has 7 heteroatoms. The lowest BCUT2D eigenvalue weighted by atomic mass is 10.1. The molecule has 4 rings (SSSR count). The van der Waals surface area contributed by atoms with Crippen molar-refractivity contribution in [2.24, 2.45) is 5.10 Å². The van der Waals surface area contributed by atoms with E-state index in [9.17, 15) is 0 Å². The fourth-order valence-electron chi connectivity index (χ4n) is 3.53. The second-order valence-electron chi connectivity index (χ2n) is 6.89. The van der Waals surface area contributed by atoms with Gasteiger partial charge in [0.05, 0.1) is 12.5 Å². The van der Waals surface area contributed by atoms with Crippen LogP contribution in [0.25, 0.3) is 0 Å². The lowest BCUT2D eigenvalue weighted by Crippen LogP contribution is -2.33. The van der Waals surface area contributed by atoms with Crippen LogP contribution in [0, 0.1) is 0 Å². The predicted octanol–water partition coefficient (Wildman–Crippen LogP) is 3.50. The Balaban J connectivity index is 1.56. The van der Waals surface area contributed by atoms with Crippen LogP contribution in [-0.4, -0.2) is 42.4 Å². The van der Waals surface area contributed by atoms with Crippen LogP contribution in [0.5, 0.6) is 0 Å². The average Bonchev–Trinajstić information content (AvgIpc) is 3.23. The summed E-state index contributed by atoms with van der Waals surface area (Å²) in [5, 5.41) is 4.26. The Morgan fingerprint density at radius 3 is 2.38 bits per heavy atom. The molecule has 2 aliphatic heterocycles. The third-order valence-corrected chi connectivity index (χ3v) is 4.93. The number of aromatic nitrogens is 2. The van der Waals surface area contributed by atoms with E-state index in [0.29, 0.717) is 5.76 Å². The first kappa shape index (κ1) is 16.9. The van der Waals surface area contributed by atoms with E-state index in [1.807, 2.05) is 18.2 Å². The Morgan fingerprint density at radius 1 is 0.962 bits per heavy atom. The molecule has 0 spiro atoms. The third-order valence-electron chi connectivity index (χ3n) is 4.93. The van der Waals surface area contributed by atoms with Crippen LogP contribution in [0.2, 0.25) is 0 Å². The van der Waals surface area contributed by atoms with E-state index < -0.39 is 0 Å². The van der Waals surface area contributed by atoms with Crippen molar-refractivity contribution >= 4 is 23.8 Å². The van der Waals surface area contributed by atoms with E-state index in [1.165, 1.54) is 38.5 Å². The molecule has 26 heavy (non-hydrogen) atoms. The Hall–Kier alpha value is -2.57. The first-order valence-corrected chi connectivity index (χ1v) is 9.60. The first-order valence-electron chi connectivity index (χ1n) is 9.60. The van der Waals surface area contributed by atoms with Crippen molar-refractivity contribution in [2.75, 3.05) is 41.4 Å². The molecule has 0 amide bonds. The van der Waals surface area contributed by atoms with E-state index in [-0.39, 0.29) is 0 Å². The number of nitrogens with one attached hydrogen (secondary N) is 1. The monoisotopic (exact) mass is 354 g/mol. The molecule has 0 saturated carbocycles. The van der Waals surface area contributed by atoms with Crippen LogP contribution in [0.1, 0.15) is 44.3 Å². The predicted molar refractivity (Wildman–Crippen MR) is 104 cm³/mol. The van der Waals surface area contributed by atoms with Crippen molar-refractivity contribution in [3.63, 3.8) is 0 Å². The number of rotatable bonds is 5.